The average Bonchev–Trinajstić information content (AvgIpc) is 3.01. The van der Waals surface area contributed by atoms with Crippen LogP contribution >= 0.6 is 0 Å². The Kier molecular flexibility index (Phi) is 4.48. The van der Waals surface area contributed by atoms with E-state index < -0.39 is 17.5 Å². The van der Waals surface area contributed by atoms with Gasteiger partial charge in [0.25, 0.3) is 5.91 Å². The molecule has 4 rings (SSSR count). The fourth-order valence-corrected chi connectivity index (χ4v) is 3.42. The van der Waals surface area contributed by atoms with Gasteiger partial charge in [-0.1, -0.05) is 12.1 Å². The molecule has 0 aliphatic carbocycles. The lowest BCUT2D eigenvalue weighted by molar-refractivity contribution is 0.0995. The highest BCUT2D eigenvalue weighted by Crippen LogP contribution is 2.35. The Bertz CT molecular complexity index is 1070. The van der Waals surface area contributed by atoms with Crippen molar-refractivity contribution in [3.63, 3.8) is 0 Å². The first kappa shape index (κ1) is 18.0. The van der Waals surface area contributed by atoms with Gasteiger partial charge in [-0.2, -0.15) is 5.10 Å². The maximum absolute atomic E-state index is 14.4. The number of primary amides is 1. The molecule has 1 aliphatic rings. The first-order valence-electron chi connectivity index (χ1n) is 8.61. The number of carbonyl (C=O) groups is 1. The van der Waals surface area contributed by atoms with Gasteiger partial charge in [-0.05, 0) is 42.4 Å². The Hall–Kier alpha value is -3.39. The van der Waals surface area contributed by atoms with Gasteiger partial charge in [0.2, 0.25) is 0 Å². The number of hydrogen-bond acceptors (Lipinski definition) is 5. The van der Waals surface area contributed by atoms with Crippen molar-refractivity contribution in [2.45, 2.75) is 13.1 Å². The minimum absolute atomic E-state index is 0.0667. The minimum Gasteiger partial charge on any atom is -0.364 e. The number of hydrogen-bond donors (Lipinski definition) is 2. The Morgan fingerprint density at radius 1 is 1.14 bits per heavy atom. The van der Waals surface area contributed by atoms with E-state index in [4.69, 9.17) is 5.73 Å². The Morgan fingerprint density at radius 3 is 2.57 bits per heavy atom. The van der Waals surface area contributed by atoms with E-state index in [1.165, 1.54) is 17.8 Å². The predicted molar refractivity (Wildman–Crippen MR) is 101 cm³/mol. The number of aromatic nitrogens is 2. The topological polar surface area (TPSA) is 84.1 Å². The van der Waals surface area contributed by atoms with Gasteiger partial charge in [-0.3, -0.25) is 9.69 Å². The molecular formula is C20H17F2N5O. The number of fused-ring (bicyclic) bond motifs is 1. The maximum Gasteiger partial charge on any atom is 0.271 e. The van der Waals surface area contributed by atoms with Gasteiger partial charge in [-0.25, -0.2) is 8.78 Å². The van der Waals surface area contributed by atoms with E-state index in [9.17, 15) is 13.6 Å². The lowest BCUT2D eigenvalue weighted by atomic mass is 10.0. The summed E-state index contributed by atoms with van der Waals surface area (Å²) in [6.45, 7) is 1.64. The van der Waals surface area contributed by atoms with E-state index in [2.05, 4.69) is 20.4 Å². The lowest BCUT2D eigenvalue weighted by Crippen LogP contribution is -2.17. The molecule has 0 saturated carbocycles. The Labute approximate surface area is 160 Å². The second-order valence-corrected chi connectivity index (χ2v) is 6.72. The smallest absolute Gasteiger partial charge is 0.271 e. The second-order valence-electron chi connectivity index (χ2n) is 6.72. The normalized spacial score (nSPS) is 13.4. The zero-order valence-electron chi connectivity index (χ0n) is 15.0. The zero-order valence-corrected chi connectivity index (χ0v) is 15.0. The van der Waals surface area contributed by atoms with Crippen molar-refractivity contribution in [3.05, 3.63) is 71.1 Å². The molecule has 1 aromatic heterocycles. The summed E-state index contributed by atoms with van der Waals surface area (Å²) >= 11 is 0. The molecule has 6 nitrogen and oxygen atoms in total. The molecule has 1 aliphatic heterocycles. The molecule has 0 fully saturated rings. The number of rotatable bonds is 4. The van der Waals surface area contributed by atoms with E-state index in [0.717, 1.165) is 30.8 Å². The van der Waals surface area contributed by atoms with E-state index >= 15 is 0 Å². The first-order valence-corrected chi connectivity index (χ1v) is 8.61. The van der Waals surface area contributed by atoms with Crippen LogP contribution in [0.25, 0.3) is 11.1 Å². The van der Waals surface area contributed by atoms with Crippen LogP contribution in [0.3, 0.4) is 0 Å². The zero-order chi connectivity index (χ0) is 19.8. The third-order valence-electron chi connectivity index (χ3n) is 4.67. The maximum atomic E-state index is 14.4. The Morgan fingerprint density at radius 2 is 1.86 bits per heavy atom. The SMILES string of the molecule is CN1Cc2ccc(Nc3c(-c4c(F)cccc4F)cnnc3C(N)=O)cc2C1. The van der Waals surface area contributed by atoms with Gasteiger partial charge >= 0.3 is 0 Å². The molecular weight excluding hydrogens is 364 g/mol. The largest absolute Gasteiger partial charge is 0.364 e. The number of nitrogens with one attached hydrogen (secondary N) is 1. The summed E-state index contributed by atoms with van der Waals surface area (Å²) in [5.41, 5.74) is 8.09. The van der Waals surface area contributed by atoms with E-state index in [0.29, 0.717) is 5.69 Å². The van der Waals surface area contributed by atoms with E-state index in [-0.39, 0.29) is 22.5 Å². The summed E-state index contributed by atoms with van der Waals surface area (Å²) in [5, 5.41) is 10.5. The van der Waals surface area contributed by atoms with E-state index in [1.807, 2.05) is 25.2 Å². The number of halogens is 2. The molecule has 28 heavy (non-hydrogen) atoms. The number of nitrogens with zero attached hydrogens (tertiary/aromatic N) is 3. The van der Waals surface area contributed by atoms with Crippen molar-refractivity contribution < 1.29 is 13.6 Å². The molecule has 1 amide bonds. The number of nitrogens with two attached hydrogens (primary N) is 1. The molecule has 0 radical (unpaired) electrons. The molecule has 142 valence electrons. The van der Waals surface area contributed by atoms with Crippen molar-refractivity contribution in [2.75, 3.05) is 12.4 Å². The van der Waals surface area contributed by atoms with Gasteiger partial charge in [0.05, 0.1) is 17.4 Å². The molecule has 0 saturated heterocycles. The summed E-state index contributed by atoms with van der Waals surface area (Å²) < 4.78 is 28.7. The van der Waals surface area contributed by atoms with Crippen molar-refractivity contribution in [2.24, 2.45) is 5.73 Å². The minimum atomic E-state index is -0.852. The highest BCUT2D eigenvalue weighted by Gasteiger charge is 2.22. The van der Waals surface area contributed by atoms with Gasteiger partial charge < -0.3 is 11.1 Å². The first-order chi connectivity index (χ1) is 13.4. The van der Waals surface area contributed by atoms with Crippen molar-refractivity contribution in [1.29, 1.82) is 0 Å². The van der Waals surface area contributed by atoms with Crippen molar-refractivity contribution in [1.82, 2.24) is 15.1 Å². The van der Waals surface area contributed by atoms with Crippen LogP contribution in [-0.2, 0) is 13.1 Å². The highest BCUT2D eigenvalue weighted by molar-refractivity contribution is 6.01. The average molecular weight is 381 g/mol. The molecule has 3 N–H and O–H groups in total. The summed E-state index contributed by atoms with van der Waals surface area (Å²) in [7, 11) is 2.02. The molecule has 0 atom stereocenters. The summed E-state index contributed by atoms with van der Waals surface area (Å²) in [6.07, 6.45) is 1.21. The molecule has 8 heteroatoms. The second kappa shape index (κ2) is 6.97. The quantitative estimate of drug-likeness (QED) is 0.725. The standard InChI is InChI=1S/C20H17F2N5O/c1-27-9-11-5-6-13(7-12(11)10-27)25-18-14(8-24-26-19(18)20(23)28)17-15(21)3-2-4-16(17)22/h2-8H,9-10H2,1H3,(H2,23,28)(H,24,25). The third kappa shape index (κ3) is 3.18. The van der Waals surface area contributed by atoms with Crippen LogP contribution < -0.4 is 11.1 Å². The molecule has 0 unspecified atom stereocenters. The fraction of sp³-hybridized carbons (Fsp3) is 0.150. The number of amides is 1. The fourth-order valence-electron chi connectivity index (χ4n) is 3.42. The monoisotopic (exact) mass is 381 g/mol. The molecule has 0 spiro atoms. The predicted octanol–water partition coefficient (Wildman–Crippen LogP) is 3.21. The van der Waals surface area contributed by atoms with Gasteiger partial charge in [0.1, 0.15) is 11.6 Å². The molecule has 2 heterocycles. The Balaban J connectivity index is 1.84. The van der Waals surface area contributed by atoms with Crippen LogP contribution in [0, 0.1) is 11.6 Å². The summed E-state index contributed by atoms with van der Waals surface area (Å²) in [4.78, 5) is 14.0. The van der Waals surface area contributed by atoms with Crippen molar-refractivity contribution >= 4 is 17.3 Å². The number of carbonyl (C=O) groups excluding carboxylic acids is 1. The van der Waals surface area contributed by atoms with Crippen molar-refractivity contribution in [3.8, 4) is 11.1 Å². The number of anilines is 2. The molecule has 3 aromatic rings. The van der Waals surface area contributed by atoms with Crippen LogP contribution in [0.5, 0.6) is 0 Å². The third-order valence-corrected chi connectivity index (χ3v) is 4.67. The summed E-state index contributed by atoms with van der Waals surface area (Å²) in [6, 6.07) is 9.29. The molecule has 2 aromatic carbocycles. The van der Waals surface area contributed by atoms with Gasteiger partial charge in [0, 0.05) is 24.3 Å². The van der Waals surface area contributed by atoms with Gasteiger partial charge in [0.15, 0.2) is 5.69 Å². The lowest BCUT2D eigenvalue weighted by Gasteiger charge is -2.15. The van der Waals surface area contributed by atoms with Crippen LogP contribution in [0.2, 0.25) is 0 Å². The summed E-state index contributed by atoms with van der Waals surface area (Å²) in [5.74, 6) is -2.40. The van der Waals surface area contributed by atoms with Crippen LogP contribution in [0.1, 0.15) is 21.6 Å². The van der Waals surface area contributed by atoms with Gasteiger partial charge in [-0.15, -0.1) is 5.10 Å². The van der Waals surface area contributed by atoms with E-state index in [1.54, 1.807) is 0 Å². The highest BCUT2D eigenvalue weighted by atomic mass is 19.1. The van der Waals surface area contributed by atoms with Crippen LogP contribution in [-0.4, -0.2) is 28.1 Å². The number of benzene rings is 2. The van der Waals surface area contributed by atoms with Crippen LogP contribution in [0.15, 0.2) is 42.6 Å². The molecule has 0 bridgehead atoms. The van der Waals surface area contributed by atoms with Crippen LogP contribution in [0.4, 0.5) is 20.2 Å².